The first-order valence-corrected chi connectivity index (χ1v) is 11.0. The summed E-state index contributed by atoms with van der Waals surface area (Å²) in [4.78, 5) is 28.7. The summed E-state index contributed by atoms with van der Waals surface area (Å²) in [7, 11) is 0. The zero-order valence-corrected chi connectivity index (χ0v) is 19.1. The number of ether oxygens (including phenoxy) is 2. The van der Waals surface area contributed by atoms with Crippen LogP contribution in [0, 0.1) is 6.92 Å². The molecule has 0 saturated heterocycles. The molecule has 1 unspecified atom stereocenters. The van der Waals surface area contributed by atoms with Crippen LogP contribution in [0.2, 0.25) is 5.02 Å². The lowest BCUT2D eigenvalue weighted by Gasteiger charge is -2.43. The Morgan fingerprint density at radius 1 is 1.12 bits per heavy atom. The number of nitrogens with zero attached hydrogens (tertiary/aromatic N) is 3. The molecule has 2 aliphatic heterocycles. The van der Waals surface area contributed by atoms with Crippen LogP contribution >= 0.6 is 11.6 Å². The van der Waals surface area contributed by atoms with Gasteiger partial charge in [-0.1, -0.05) is 23.7 Å². The Labute approximate surface area is 196 Å². The monoisotopic (exact) mass is 466 g/mol. The van der Waals surface area contributed by atoms with Crippen LogP contribution in [0.15, 0.2) is 48.5 Å². The minimum Gasteiger partial charge on any atom is -0.486 e. The largest absolute Gasteiger partial charge is 0.486 e. The fourth-order valence-corrected chi connectivity index (χ4v) is 4.39. The van der Waals surface area contributed by atoms with Gasteiger partial charge < -0.3 is 14.8 Å². The molecular weight excluding hydrogens is 444 g/mol. The van der Waals surface area contributed by atoms with E-state index in [1.807, 2.05) is 19.1 Å². The molecule has 1 aromatic heterocycles. The Balaban J connectivity index is 1.51. The Kier molecular flexibility index (Phi) is 5.25. The fraction of sp³-hybridized carbons (Fsp3) is 0.292. The number of amides is 2. The summed E-state index contributed by atoms with van der Waals surface area (Å²) in [5.41, 5.74) is 1.38. The Hall–Kier alpha value is -3.52. The van der Waals surface area contributed by atoms with Crippen LogP contribution in [-0.4, -0.2) is 40.3 Å². The van der Waals surface area contributed by atoms with Crippen molar-refractivity contribution in [1.29, 1.82) is 0 Å². The van der Waals surface area contributed by atoms with Crippen LogP contribution in [0.4, 0.5) is 5.69 Å². The molecule has 9 heteroatoms. The molecule has 0 fully saturated rings. The van der Waals surface area contributed by atoms with E-state index in [1.54, 1.807) is 48.0 Å². The minimum atomic E-state index is -1.22. The molecule has 5 rings (SSSR count). The molecule has 170 valence electrons. The van der Waals surface area contributed by atoms with Crippen LogP contribution in [-0.2, 0) is 17.9 Å². The normalized spacial score (nSPS) is 19.2. The van der Waals surface area contributed by atoms with Crippen molar-refractivity contribution in [2.45, 2.75) is 32.5 Å². The first kappa shape index (κ1) is 21.3. The number of nitrogens with one attached hydrogen (secondary N) is 1. The van der Waals surface area contributed by atoms with Crippen molar-refractivity contribution in [1.82, 2.24) is 15.1 Å². The Bertz CT molecular complexity index is 1240. The van der Waals surface area contributed by atoms with Gasteiger partial charge in [0.05, 0.1) is 12.2 Å². The van der Waals surface area contributed by atoms with Crippen molar-refractivity contribution >= 4 is 29.1 Å². The predicted molar refractivity (Wildman–Crippen MR) is 123 cm³/mol. The molecule has 2 aliphatic rings. The molecule has 33 heavy (non-hydrogen) atoms. The standard InChI is InChI=1S/C24H23ClN4O4/c1-15-11-19-22(30)29(18-7-8-20-21(12-18)33-10-9-32-20)24(2,14-28(19)27-15)23(31)26-13-16-3-5-17(25)6-4-16/h3-8,11-12H,9-10,13-14H2,1-2H3,(H,26,31). The van der Waals surface area contributed by atoms with Crippen molar-refractivity contribution in [3.8, 4) is 11.5 Å². The highest BCUT2D eigenvalue weighted by molar-refractivity contribution is 6.30. The number of fused-ring (bicyclic) bond motifs is 2. The van der Waals surface area contributed by atoms with E-state index in [4.69, 9.17) is 21.1 Å². The van der Waals surface area contributed by atoms with Gasteiger partial charge in [-0.15, -0.1) is 0 Å². The van der Waals surface area contributed by atoms with Gasteiger partial charge in [0.1, 0.15) is 24.4 Å². The molecule has 2 amide bonds. The smallest absolute Gasteiger partial charge is 0.277 e. The quantitative estimate of drug-likeness (QED) is 0.637. The van der Waals surface area contributed by atoms with E-state index < -0.39 is 5.54 Å². The van der Waals surface area contributed by atoms with Gasteiger partial charge in [-0.25, -0.2) is 0 Å². The lowest BCUT2D eigenvalue weighted by atomic mass is 9.93. The van der Waals surface area contributed by atoms with Gasteiger partial charge in [-0.3, -0.25) is 19.2 Å². The number of hydrogen-bond acceptors (Lipinski definition) is 5. The highest BCUT2D eigenvalue weighted by Crippen LogP contribution is 2.39. The molecule has 2 aromatic carbocycles. The number of carbonyl (C=O) groups excluding carboxylic acids is 2. The number of anilines is 1. The lowest BCUT2D eigenvalue weighted by molar-refractivity contribution is -0.126. The first-order chi connectivity index (χ1) is 15.8. The number of carbonyl (C=O) groups is 2. The van der Waals surface area contributed by atoms with Crippen molar-refractivity contribution in [3.05, 3.63) is 70.5 Å². The van der Waals surface area contributed by atoms with Gasteiger partial charge in [-0.2, -0.15) is 5.10 Å². The predicted octanol–water partition coefficient (Wildman–Crippen LogP) is 3.35. The number of benzene rings is 2. The van der Waals surface area contributed by atoms with Crippen molar-refractivity contribution in [2.24, 2.45) is 0 Å². The van der Waals surface area contributed by atoms with Crippen LogP contribution < -0.4 is 19.7 Å². The van der Waals surface area contributed by atoms with Crippen molar-refractivity contribution in [2.75, 3.05) is 18.1 Å². The van der Waals surface area contributed by atoms with E-state index in [1.165, 1.54) is 4.90 Å². The number of halogens is 1. The Morgan fingerprint density at radius 2 is 1.85 bits per heavy atom. The van der Waals surface area contributed by atoms with Crippen molar-refractivity contribution < 1.29 is 19.1 Å². The van der Waals surface area contributed by atoms with Gasteiger partial charge in [0.2, 0.25) is 5.91 Å². The van der Waals surface area contributed by atoms with Gasteiger partial charge >= 0.3 is 0 Å². The average Bonchev–Trinajstić information content (AvgIpc) is 3.18. The molecule has 0 saturated carbocycles. The lowest BCUT2D eigenvalue weighted by Crippen LogP contribution is -2.64. The number of rotatable bonds is 4. The third kappa shape index (κ3) is 3.80. The van der Waals surface area contributed by atoms with Crippen LogP contribution in [0.1, 0.15) is 28.7 Å². The zero-order valence-electron chi connectivity index (χ0n) is 18.3. The molecule has 0 spiro atoms. The number of hydrogen-bond donors (Lipinski definition) is 1. The molecule has 3 heterocycles. The molecule has 0 bridgehead atoms. The van der Waals surface area contributed by atoms with Gasteiger partial charge in [-0.05, 0) is 49.7 Å². The minimum absolute atomic E-state index is 0.211. The summed E-state index contributed by atoms with van der Waals surface area (Å²) >= 11 is 5.96. The van der Waals surface area contributed by atoms with E-state index >= 15 is 0 Å². The zero-order chi connectivity index (χ0) is 23.2. The third-order valence-electron chi connectivity index (χ3n) is 5.91. The molecule has 0 radical (unpaired) electrons. The maximum absolute atomic E-state index is 13.6. The number of aromatic nitrogens is 2. The van der Waals surface area contributed by atoms with Crippen LogP contribution in [0.5, 0.6) is 11.5 Å². The maximum atomic E-state index is 13.6. The van der Waals surface area contributed by atoms with Gasteiger partial charge in [0.15, 0.2) is 11.5 Å². The second-order valence-electron chi connectivity index (χ2n) is 8.38. The van der Waals surface area contributed by atoms with E-state index in [-0.39, 0.29) is 18.4 Å². The second kappa shape index (κ2) is 8.12. The maximum Gasteiger partial charge on any atom is 0.277 e. The molecule has 0 aliphatic carbocycles. The highest BCUT2D eigenvalue weighted by Gasteiger charge is 2.49. The summed E-state index contributed by atoms with van der Waals surface area (Å²) in [6.45, 7) is 4.99. The molecular formula is C24H23ClN4O4. The van der Waals surface area contributed by atoms with Crippen molar-refractivity contribution in [3.63, 3.8) is 0 Å². The molecule has 1 N–H and O–H groups in total. The third-order valence-corrected chi connectivity index (χ3v) is 6.17. The van der Waals surface area contributed by atoms with Crippen LogP contribution in [0.25, 0.3) is 0 Å². The van der Waals surface area contributed by atoms with E-state index in [2.05, 4.69) is 10.4 Å². The molecule has 8 nitrogen and oxygen atoms in total. The summed E-state index contributed by atoms with van der Waals surface area (Å²) in [6, 6.07) is 14.3. The summed E-state index contributed by atoms with van der Waals surface area (Å²) in [5, 5.41) is 8.04. The fourth-order valence-electron chi connectivity index (χ4n) is 4.26. The first-order valence-electron chi connectivity index (χ1n) is 10.7. The SMILES string of the molecule is Cc1cc2n(n1)CC(C)(C(=O)NCc1ccc(Cl)cc1)N(c1ccc3c(c1)OCCO3)C2=O. The summed E-state index contributed by atoms with van der Waals surface area (Å²) in [5.74, 6) is 0.567. The van der Waals surface area contributed by atoms with Gasteiger partial charge in [0.25, 0.3) is 5.91 Å². The molecule has 1 atom stereocenters. The second-order valence-corrected chi connectivity index (χ2v) is 8.82. The van der Waals surface area contributed by atoms with E-state index in [0.29, 0.717) is 53.4 Å². The average molecular weight is 467 g/mol. The van der Waals surface area contributed by atoms with Gasteiger partial charge in [0, 0.05) is 23.3 Å². The molecule has 3 aromatic rings. The van der Waals surface area contributed by atoms with E-state index in [9.17, 15) is 9.59 Å². The van der Waals surface area contributed by atoms with Crippen LogP contribution in [0.3, 0.4) is 0 Å². The topological polar surface area (TPSA) is 85.7 Å². The Morgan fingerprint density at radius 3 is 2.61 bits per heavy atom. The van der Waals surface area contributed by atoms with E-state index in [0.717, 1.165) is 5.56 Å². The number of aryl methyl sites for hydroxylation is 1. The summed E-state index contributed by atoms with van der Waals surface area (Å²) < 4.78 is 12.9. The summed E-state index contributed by atoms with van der Waals surface area (Å²) in [6.07, 6.45) is 0. The highest BCUT2D eigenvalue weighted by atomic mass is 35.5.